The van der Waals surface area contributed by atoms with Crippen LogP contribution in [0.5, 0.6) is 0 Å². The molecule has 0 fully saturated rings. The van der Waals surface area contributed by atoms with Crippen molar-refractivity contribution in [3.8, 4) is 0 Å². The summed E-state index contributed by atoms with van der Waals surface area (Å²) in [5.74, 6) is -3.04. The summed E-state index contributed by atoms with van der Waals surface area (Å²) >= 11 is 0. The fourth-order valence-corrected chi connectivity index (χ4v) is 7.63. The van der Waals surface area contributed by atoms with E-state index in [1.54, 1.807) is 135 Å². The first-order valence-electron chi connectivity index (χ1n) is 23.4. The predicted molar refractivity (Wildman–Crippen MR) is 266 cm³/mol. The number of nitrogens with one attached hydrogen (secondary N) is 4. The van der Waals surface area contributed by atoms with E-state index in [0.717, 1.165) is 0 Å². The molecule has 0 saturated heterocycles. The van der Waals surface area contributed by atoms with Crippen LogP contribution in [0.1, 0.15) is 98.3 Å². The van der Waals surface area contributed by atoms with Gasteiger partial charge in [0.25, 0.3) is 0 Å². The number of amides is 5. The molecule has 0 radical (unpaired) electrons. The quantitative estimate of drug-likeness (QED) is 0.0429. The molecule has 2 heterocycles. The number of carbonyl (C=O) groups excluding carboxylic acids is 7. The minimum absolute atomic E-state index is 0.0167. The SMILES string of the molecule is CC(C)(C)OC(=O)NCCCC[C@H](N)C(=O)N[C@@H](Cc1ccccc1)C(=O)N[C@@H](Cc1cn(C(=O)OC(C)(C)C)c2ccccc12)C(=O)N[C@@H](Cc1cn(C(=O)OC(C)(C)C)c2ccccc12)C(N)=O. The first-order chi connectivity index (χ1) is 32.8. The fraction of sp³-hybridized carbons (Fsp3) is 0.442. The lowest BCUT2D eigenvalue weighted by Crippen LogP contribution is -2.58. The van der Waals surface area contributed by atoms with Crippen LogP contribution in [-0.2, 0) is 52.7 Å². The van der Waals surface area contributed by atoms with E-state index in [2.05, 4.69) is 21.3 Å². The first kappa shape index (κ1) is 53.7. The van der Waals surface area contributed by atoms with E-state index in [1.807, 2.05) is 6.07 Å². The van der Waals surface area contributed by atoms with Crippen molar-refractivity contribution in [3.05, 3.63) is 108 Å². The number of benzene rings is 3. The number of primary amides is 1. The summed E-state index contributed by atoms with van der Waals surface area (Å²) in [6.45, 7) is 16.0. The second-order valence-electron chi connectivity index (χ2n) is 20.3. The highest BCUT2D eigenvalue weighted by Gasteiger charge is 2.33. The van der Waals surface area contributed by atoms with E-state index in [-0.39, 0.29) is 25.7 Å². The normalized spacial score (nSPS) is 13.6. The number of carbonyl (C=O) groups is 7. The third-order valence-electron chi connectivity index (χ3n) is 10.8. The van der Waals surface area contributed by atoms with Crippen LogP contribution in [0.25, 0.3) is 21.8 Å². The van der Waals surface area contributed by atoms with E-state index in [0.29, 0.717) is 57.9 Å². The molecule has 2 aromatic heterocycles. The van der Waals surface area contributed by atoms with Gasteiger partial charge in [-0.2, -0.15) is 0 Å². The molecular weight excluding hydrogens is 897 g/mol. The molecule has 8 N–H and O–H groups in total. The Morgan fingerprint density at radius 1 is 0.543 bits per heavy atom. The molecule has 0 bridgehead atoms. The summed E-state index contributed by atoms with van der Waals surface area (Å²) in [5, 5.41) is 12.2. The largest absolute Gasteiger partial charge is 0.444 e. The lowest BCUT2D eigenvalue weighted by atomic mass is 10.00. The number of hydrogen-bond donors (Lipinski definition) is 6. The summed E-state index contributed by atoms with van der Waals surface area (Å²) in [6, 6.07) is 18.0. The van der Waals surface area contributed by atoms with Gasteiger partial charge >= 0.3 is 18.3 Å². The number of para-hydroxylation sites is 2. The summed E-state index contributed by atoms with van der Waals surface area (Å²) in [5.41, 5.74) is 12.7. The molecule has 70 heavy (non-hydrogen) atoms. The van der Waals surface area contributed by atoms with Gasteiger partial charge in [0.05, 0.1) is 17.1 Å². The highest BCUT2D eigenvalue weighted by Crippen LogP contribution is 2.26. The van der Waals surface area contributed by atoms with Gasteiger partial charge in [0.1, 0.15) is 34.9 Å². The molecule has 5 aromatic rings. The highest BCUT2D eigenvalue weighted by atomic mass is 16.6. The summed E-state index contributed by atoms with van der Waals surface area (Å²) in [6.07, 6.45) is 2.10. The average Bonchev–Trinajstić information content (AvgIpc) is 3.82. The van der Waals surface area contributed by atoms with Crippen LogP contribution in [0.3, 0.4) is 0 Å². The Morgan fingerprint density at radius 2 is 0.971 bits per heavy atom. The molecule has 4 atom stereocenters. The molecule has 18 heteroatoms. The number of alkyl carbamates (subject to hydrolysis) is 1. The third-order valence-corrected chi connectivity index (χ3v) is 10.8. The van der Waals surface area contributed by atoms with Gasteiger partial charge in [0, 0.05) is 49.0 Å². The number of aromatic nitrogens is 2. The zero-order chi connectivity index (χ0) is 51.6. The summed E-state index contributed by atoms with van der Waals surface area (Å²) in [4.78, 5) is 95.2. The number of fused-ring (bicyclic) bond motifs is 2. The third kappa shape index (κ3) is 15.7. The van der Waals surface area contributed by atoms with Crippen molar-refractivity contribution in [1.29, 1.82) is 0 Å². The Labute approximate surface area is 408 Å². The molecule has 5 rings (SSSR count). The second-order valence-corrected chi connectivity index (χ2v) is 20.3. The van der Waals surface area contributed by atoms with E-state index in [9.17, 15) is 33.6 Å². The van der Waals surface area contributed by atoms with Crippen molar-refractivity contribution >= 4 is 63.7 Å². The fourth-order valence-electron chi connectivity index (χ4n) is 7.63. The van der Waals surface area contributed by atoms with Gasteiger partial charge in [-0.15, -0.1) is 0 Å². The predicted octanol–water partition coefficient (Wildman–Crippen LogP) is 6.15. The number of unbranched alkanes of at least 4 members (excludes halogenated alkanes) is 1. The zero-order valence-electron chi connectivity index (χ0n) is 41.6. The number of ether oxygens (including phenoxy) is 3. The summed E-state index contributed by atoms with van der Waals surface area (Å²) in [7, 11) is 0. The van der Waals surface area contributed by atoms with Crippen LogP contribution in [0.2, 0.25) is 0 Å². The molecule has 0 spiro atoms. The smallest absolute Gasteiger partial charge is 0.419 e. The lowest BCUT2D eigenvalue weighted by molar-refractivity contribution is -0.133. The lowest BCUT2D eigenvalue weighted by Gasteiger charge is -2.26. The van der Waals surface area contributed by atoms with Crippen molar-refractivity contribution in [2.24, 2.45) is 11.5 Å². The van der Waals surface area contributed by atoms with Gasteiger partial charge in [-0.1, -0.05) is 66.7 Å². The molecule has 3 aromatic carbocycles. The van der Waals surface area contributed by atoms with E-state index in [1.165, 1.54) is 21.5 Å². The van der Waals surface area contributed by atoms with Gasteiger partial charge in [-0.25, -0.2) is 14.4 Å². The zero-order valence-corrected chi connectivity index (χ0v) is 41.6. The standard InChI is InChI=1S/C52H68N8O10/c1-50(2,3)68-47(65)55-26-18-17-23-37(53)44(62)57-39(27-32-19-11-10-12-20-32)45(63)58-40(29-34-31-60(49(67)70-52(7,8)9)42-25-16-14-22-36(34)42)46(64)56-38(43(54)61)28-33-30-59(48(66)69-51(4,5)6)41-24-15-13-21-35(33)41/h10-16,19-22,24-25,30-31,37-40H,17-18,23,26-29,53H2,1-9H3,(H2,54,61)(H,55,65)(H,56,64)(H,57,62)(H,58,63)/t37-,38-,39-,40-/m0/s1. The number of nitrogens with two attached hydrogens (primary N) is 2. The van der Waals surface area contributed by atoms with Crippen molar-refractivity contribution in [2.45, 2.75) is 142 Å². The monoisotopic (exact) mass is 965 g/mol. The second kappa shape index (κ2) is 22.9. The van der Waals surface area contributed by atoms with E-state index < -0.39 is 82.9 Å². The number of hydrogen-bond acceptors (Lipinski definition) is 11. The maximum atomic E-state index is 14.7. The highest BCUT2D eigenvalue weighted by molar-refractivity contribution is 5.97. The van der Waals surface area contributed by atoms with Crippen molar-refractivity contribution in [2.75, 3.05) is 6.54 Å². The molecular formula is C52H68N8O10. The van der Waals surface area contributed by atoms with Gasteiger partial charge in [0.2, 0.25) is 23.6 Å². The van der Waals surface area contributed by atoms with Crippen LogP contribution in [-0.4, -0.2) is 98.6 Å². The molecule has 0 aliphatic heterocycles. The van der Waals surface area contributed by atoms with Crippen LogP contribution < -0.4 is 32.7 Å². The average molecular weight is 965 g/mol. The van der Waals surface area contributed by atoms with Crippen molar-refractivity contribution in [3.63, 3.8) is 0 Å². The summed E-state index contributed by atoms with van der Waals surface area (Å²) < 4.78 is 19.3. The van der Waals surface area contributed by atoms with Gasteiger partial charge in [-0.3, -0.25) is 28.3 Å². The Morgan fingerprint density at radius 3 is 1.46 bits per heavy atom. The molecule has 5 amide bonds. The van der Waals surface area contributed by atoms with Crippen molar-refractivity contribution in [1.82, 2.24) is 30.4 Å². The van der Waals surface area contributed by atoms with Crippen LogP contribution in [0, 0.1) is 0 Å². The van der Waals surface area contributed by atoms with Crippen LogP contribution in [0.4, 0.5) is 14.4 Å². The topological polar surface area (TPSA) is 257 Å². The number of nitrogens with zero attached hydrogens (tertiary/aromatic N) is 2. The maximum absolute atomic E-state index is 14.7. The van der Waals surface area contributed by atoms with E-state index in [4.69, 9.17) is 25.7 Å². The molecule has 376 valence electrons. The van der Waals surface area contributed by atoms with E-state index >= 15 is 0 Å². The molecule has 0 saturated carbocycles. The van der Waals surface area contributed by atoms with Crippen molar-refractivity contribution < 1.29 is 47.8 Å². The number of rotatable bonds is 18. The molecule has 0 unspecified atom stereocenters. The van der Waals surface area contributed by atoms with Gasteiger partial charge in [0.15, 0.2) is 0 Å². The maximum Gasteiger partial charge on any atom is 0.419 e. The Bertz CT molecular complexity index is 2670. The first-order valence-corrected chi connectivity index (χ1v) is 23.4. The Hall–Kier alpha value is -7.21. The molecule has 0 aliphatic carbocycles. The Kier molecular flexibility index (Phi) is 17.6. The van der Waals surface area contributed by atoms with Gasteiger partial charge in [-0.05, 0) is 110 Å². The minimum Gasteiger partial charge on any atom is -0.444 e. The van der Waals surface area contributed by atoms with Crippen LogP contribution >= 0.6 is 0 Å². The Balaban J connectivity index is 1.45. The van der Waals surface area contributed by atoms with Gasteiger partial charge < -0.3 is 46.9 Å². The molecule has 0 aliphatic rings. The van der Waals surface area contributed by atoms with Crippen LogP contribution in [0.15, 0.2) is 91.3 Å². The molecule has 18 nitrogen and oxygen atoms in total. The minimum atomic E-state index is -1.42.